The highest BCUT2D eigenvalue weighted by Gasteiger charge is 2.50. The minimum Gasteiger partial charge on any atom is -0.273 e. The molecule has 33 heavy (non-hydrogen) atoms. The van der Waals surface area contributed by atoms with Gasteiger partial charge in [0.25, 0.3) is 0 Å². The van der Waals surface area contributed by atoms with E-state index in [0.717, 1.165) is 48.2 Å². The van der Waals surface area contributed by atoms with Crippen LogP contribution in [0.3, 0.4) is 0 Å². The number of fused-ring (bicyclic) bond motifs is 3. The van der Waals surface area contributed by atoms with Gasteiger partial charge >= 0.3 is 0 Å². The predicted molar refractivity (Wildman–Crippen MR) is 120 cm³/mol. The monoisotopic (exact) mass is 440 g/mol. The van der Waals surface area contributed by atoms with Crippen molar-refractivity contribution in [2.45, 2.75) is 45.2 Å². The molecule has 1 unspecified atom stereocenters. The molecular formula is C24H24N8O. The largest absolute Gasteiger partial charge is 0.273 e. The number of hydrogen-bond donors (Lipinski definition) is 0. The SMILES string of the molecule is Cc1cnc(C2CC=NN2C(=O)[C@H]2C[C@@H](Cn3ncc4nc(C#N)ccc43)C3CC2C3)cn1. The average Bonchev–Trinajstić information content (AvgIpc) is 3.45. The van der Waals surface area contributed by atoms with E-state index in [2.05, 4.69) is 31.2 Å². The number of aryl methyl sites for hydroxylation is 1. The summed E-state index contributed by atoms with van der Waals surface area (Å²) in [7, 11) is 0. The van der Waals surface area contributed by atoms with Gasteiger partial charge in [-0.2, -0.15) is 15.5 Å². The van der Waals surface area contributed by atoms with Crippen LogP contribution in [0.1, 0.15) is 48.8 Å². The predicted octanol–water partition coefficient (Wildman–Crippen LogP) is 3.02. The van der Waals surface area contributed by atoms with Crippen molar-refractivity contribution in [2.75, 3.05) is 0 Å². The van der Waals surface area contributed by atoms with E-state index in [1.165, 1.54) is 0 Å². The first kappa shape index (κ1) is 20.0. The molecule has 9 heteroatoms. The molecule has 0 radical (unpaired) electrons. The Balaban J connectivity index is 1.20. The van der Waals surface area contributed by atoms with Crippen LogP contribution in [-0.2, 0) is 11.3 Å². The fourth-order valence-electron chi connectivity index (χ4n) is 5.67. The Hall–Kier alpha value is -3.67. The molecule has 7 rings (SSSR count). The lowest BCUT2D eigenvalue weighted by Crippen LogP contribution is -2.49. The molecule has 9 nitrogen and oxygen atoms in total. The molecule has 0 aromatic carbocycles. The standard InChI is InChI=1S/C24H24N8O/c1-14-10-27-20(11-26-14)23-4-5-28-32(23)24(33)19-8-17(15-6-16(19)7-15)13-31-22-3-2-18(9-25)30-21(22)12-29-31/h2-3,5,10-12,15-17,19,23H,4,6-8,13H2,1H3/t15?,16?,17-,19-,23?/m0/s1. The van der Waals surface area contributed by atoms with Crippen molar-refractivity contribution in [2.24, 2.45) is 28.8 Å². The molecule has 1 aliphatic heterocycles. The molecule has 166 valence electrons. The van der Waals surface area contributed by atoms with Gasteiger partial charge < -0.3 is 0 Å². The van der Waals surface area contributed by atoms with E-state index in [0.29, 0.717) is 29.9 Å². The Morgan fingerprint density at radius 1 is 1.15 bits per heavy atom. The van der Waals surface area contributed by atoms with Crippen LogP contribution in [0.25, 0.3) is 11.0 Å². The Labute approximate surface area is 191 Å². The lowest BCUT2D eigenvalue weighted by Gasteiger charge is -2.51. The summed E-state index contributed by atoms with van der Waals surface area (Å²) in [6.45, 7) is 2.66. The Bertz CT molecular complexity index is 1280. The summed E-state index contributed by atoms with van der Waals surface area (Å²) in [5.74, 6) is 1.53. The minimum atomic E-state index is -0.169. The third-order valence-electron chi connectivity index (χ3n) is 7.54. The highest BCUT2D eigenvalue weighted by Crippen LogP contribution is 2.53. The first-order chi connectivity index (χ1) is 16.1. The lowest BCUT2D eigenvalue weighted by atomic mass is 9.55. The summed E-state index contributed by atoms with van der Waals surface area (Å²) < 4.78 is 1.98. The van der Waals surface area contributed by atoms with Crippen LogP contribution in [0.5, 0.6) is 0 Å². The van der Waals surface area contributed by atoms with Crippen molar-refractivity contribution < 1.29 is 4.79 Å². The quantitative estimate of drug-likeness (QED) is 0.616. The minimum absolute atomic E-state index is 0.0266. The molecule has 4 aliphatic rings. The molecule has 1 amide bonds. The van der Waals surface area contributed by atoms with Gasteiger partial charge in [-0.15, -0.1) is 0 Å². The van der Waals surface area contributed by atoms with Gasteiger partial charge in [0.05, 0.1) is 29.3 Å². The third-order valence-corrected chi connectivity index (χ3v) is 7.54. The second-order valence-electron chi connectivity index (χ2n) is 9.45. The summed E-state index contributed by atoms with van der Waals surface area (Å²) >= 11 is 0. The Morgan fingerprint density at radius 3 is 2.82 bits per heavy atom. The number of aromatic nitrogens is 5. The molecule has 0 saturated heterocycles. The van der Waals surface area contributed by atoms with Crippen molar-refractivity contribution in [3.8, 4) is 6.07 Å². The van der Waals surface area contributed by atoms with Crippen LogP contribution in [0, 0.1) is 41.9 Å². The van der Waals surface area contributed by atoms with Crippen molar-refractivity contribution in [1.82, 2.24) is 29.7 Å². The van der Waals surface area contributed by atoms with Gasteiger partial charge in [0.2, 0.25) is 5.91 Å². The Kier molecular flexibility index (Phi) is 4.68. The maximum absolute atomic E-state index is 13.6. The molecule has 0 N–H and O–H groups in total. The van der Waals surface area contributed by atoms with Gasteiger partial charge in [-0.3, -0.25) is 19.4 Å². The number of carbonyl (C=O) groups is 1. The summed E-state index contributed by atoms with van der Waals surface area (Å²) in [6, 6.07) is 5.55. The molecule has 3 atom stereocenters. The van der Waals surface area contributed by atoms with Gasteiger partial charge in [-0.05, 0) is 56.1 Å². The van der Waals surface area contributed by atoms with E-state index in [9.17, 15) is 4.79 Å². The highest BCUT2D eigenvalue weighted by atomic mass is 16.2. The molecule has 2 bridgehead atoms. The molecule has 3 aliphatic carbocycles. The molecule has 3 saturated carbocycles. The van der Waals surface area contributed by atoms with E-state index >= 15 is 0 Å². The van der Waals surface area contributed by atoms with E-state index in [-0.39, 0.29) is 17.9 Å². The van der Waals surface area contributed by atoms with Gasteiger partial charge in [-0.25, -0.2) is 9.99 Å². The molecule has 4 heterocycles. The summed E-state index contributed by atoms with van der Waals surface area (Å²) in [5, 5.41) is 19.7. The number of nitrogens with zero attached hydrogens (tertiary/aromatic N) is 8. The maximum atomic E-state index is 13.6. The number of pyridine rings is 1. The number of rotatable bonds is 4. The van der Waals surface area contributed by atoms with Crippen LogP contribution in [0.4, 0.5) is 0 Å². The van der Waals surface area contributed by atoms with Crippen LogP contribution in [0.15, 0.2) is 35.8 Å². The van der Waals surface area contributed by atoms with Crippen molar-refractivity contribution in [1.29, 1.82) is 5.26 Å². The maximum Gasteiger partial charge on any atom is 0.246 e. The Morgan fingerprint density at radius 2 is 2.03 bits per heavy atom. The van der Waals surface area contributed by atoms with Crippen molar-refractivity contribution >= 4 is 23.2 Å². The number of carbonyl (C=O) groups excluding carboxylic acids is 1. The van der Waals surface area contributed by atoms with Crippen LogP contribution in [-0.4, -0.2) is 41.9 Å². The first-order valence-corrected chi connectivity index (χ1v) is 11.5. The fraction of sp³-hybridized carbons (Fsp3) is 0.458. The molecule has 0 spiro atoms. The zero-order valence-corrected chi connectivity index (χ0v) is 18.4. The number of nitriles is 1. The molecule has 3 aromatic rings. The van der Waals surface area contributed by atoms with Gasteiger partial charge in [0.15, 0.2) is 0 Å². The topological polar surface area (TPSA) is 113 Å². The van der Waals surface area contributed by atoms with Gasteiger partial charge in [-0.1, -0.05) is 0 Å². The lowest BCUT2D eigenvalue weighted by molar-refractivity contribution is -0.147. The summed E-state index contributed by atoms with van der Waals surface area (Å²) in [5.41, 5.74) is 3.71. The molecular weight excluding hydrogens is 416 g/mol. The number of hydrazone groups is 1. The summed E-state index contributed by atoms with van der Waals surface area (Å²) in [6.07, 6.45) is 10.7. The van der Waals surface area contributed by atoms with Crippen LogP contribution < -0.4 is 0 Å². The van der Waals surface area contributed by atoms with E-state index < -0.39 is 0 Å². The zero-order valence-electron chi connectivity index (χ0n) is 18.4. The normalized spacial score (nSPS) is 28.0. The van der Waals surface area contributed by atoms with Crippen LogP contribution in [0.2, 0.25) is 0 Å². The molecule has 3 fully saturated rings. The smallest absolute Gasteiger partial charge is 0.246 e. The van der Waals surface area contributed by atoms with Gasteiger partial charge in [0.1, 0.15) is 23.3 Å². The van der Waals surface area contributed by atoms with Crippen LogP contribution >= 0.6 is 0 Å². The molecule has 3 aromatic heterocycles. The third kappa shape index (κ3) is 3.37. The van der Waals surface area contributed by atoms with Crippen molar-refractivity contribution in [3.63, 3.8) is 0 Å². The summed E-state index contributed by atoms with van der Waals surface area (Å²) in [4.78, 5) is 26.8. The van der Waals surface area contributed by atoms with Crippen molar-refractivity contribution in [3.05, 3.63) is 47.8 Å². The number of amides is 1. The van der Waals surface area contributed by atoms with E-state index in [1.54, 1.807) is 29.7 Å². The van der Waals surface area contributed by atoms with Gasteiger partial charge in [0, 0.05) is 31.3 Å². The second kappa shape index (κ2) is 7.73. The first-order valence-electron chi connectivity index (χ1n) is 11.5. The highest BCUT2D eigenvalue weighted by molar-refractivity contribution is 5.82. The van der Waals surface area contributed by atoms with E-state index in [1.807, 2.05) is 23.9 Å². The second-order valence-corrected chi connectivity index (χ2v) is 9.45. The fourth-order valence-corrected chi connectivity index (χ4v) is 5.67. The number of hydrogen-bond acceptors (Lipinski definition) is 7. The van der Waals surface area contributed by atoms with E-state index in [4.69, 9.17) is 5.26 Å². The average molecular weight is 441 g/mol. The zero-order chi connectivity index (χ0) is 22.5.